The molecule has 0 unspecified atom stereocenters. The normalized spacial score (nSPS) is 10.1. The summed E-state index contributed by atoms with van der Waals surface area (Å²) in [4.78, 5) is 10.3. The fourth-order valence-corrected chi connectivity index (χ4v) is 0.534. The van der Waals surface area contributed by atoms with Crippen LogP contribution in [0.25, 0.3) is 0 Å². The van der Waals surface area contributed by atoms with Crippen LogP contribution < -0.4 is 0 Å². The van der Waals surface area contributed by atoms with E-state index in [1.807, 2.05) is 18.2 Å². The number of rotatable bonds is 1. The molecule has 1 aromatic carbocycles. The Morgan fingerprint density at radius 2 is 1.57 bits per heavy atom. The first-order valence-electron chi connectivity index (χ1n) is 4.24. The largest absolute Gasteiger partial charge is 0.285 e. The summed E-state index contributed by atoms with van der Waals surface area (Å²) in [7, 11) is 0. The van der Waals surface area contributed by atoms with Crippen molar-refractivity contribution in [2.75, 3.05) is 0 Å². The van der Waals surface area contributed by atoms with Gasteiger partial charge in [-0.25, -0.2) is 0 Å². The highest BCUT2D eigenvalue weighted by Gasteiger charge is 2.19. The predicted molar refractivity (Wildman–Crippen MR) is 68.1 cm³/mol. The van der Waals surface area contributed by atoms with Crippen LogP contribution in [0.1, 0.15) is 19.4 Å². The van der Waals surface area contributed by atoms with Gasteiger partial charge in [0.05, 0.1) is 4.32 Å². The molecule has 0 saturated heterocycles. The summed E-state index contributed by atoms with van der Waals surface area (Å²) >= 11 is 5.96. The Balaban J connectivity index is 0.000000241. The smallest absolute Gasteiger partial charge is 0.213 e. The van der Waals surface area contributed by atoms with E-state index < -0.39 is 4.32 Å². The van der Waals surface area contributed by atoms with Crippen LogP contribution in [-0.2, 0) is 4.79 Å². The number of benzene rings is 1. The van der Waals surface area contributed by atoms with Crippen molar-refractivity contribution in [3.05, 3.63) is 35.9 Å². The standard InChI is InChI=1S/C7H8.C4H6Br2O/c1-7-5-3-2-4-6-7;1-4(2,6)3(5)7/h2-6H,1H3;1-2H3. The maximum absolute atomic E-state index is 10.3. The molecular weight excluding hydrogens is 308 g/mol. The van der Waals surface area contributed by atoms with Crippen molar-refractivity contribution >= 4 is 36.6 Å². The van der Waals surface area contributed by atoms with E-state index in [0.29, 0.717) is 0 Å². The highest BCUT2D eigenvalue weighted by Crippen LogP contribution is 2.19. The second-order valence-electron chi connectivity index (χ2n) is 3.40. The number of carbonyl (C=O) groups excluding carboxylic acids is 1. The predicted octanol–water partition coefficient (Wildman–Crippen LogP) is 4.08. The monoisotopic (exact) mass is 320 g/mol. The number of aryl methyl sites for hydroxylation is 1. The molecule has 1 rings (SSSR count). The summed E-state index contributed by atoms with van der Waals surface area (Å²) in [5.41, 5.74) is 1.32. The summed E-state index contributed by atoms with van der Waals surface area (Å²) in [5, 5.41) is 0. The molecule has 1 aromatic rings. The summed E-state index contributed by atoms with van der Waals surface area (Å²) in [6.07, 6.45) is 0. The molecule has 14 heavy (non-hydrogen) atoms. The zero-order chi connectivity index (χ0) is 11.2. The lowest BCUT2D eigenvalue weighted by Crippen LogP contribution is -2.17. The molecule has 0 aliphatic heterocycles. The molecule has 0 bridgehead atoms. The number of hydrogen-bond donors (Lipinski definition) is 0. The Morgan fingerprint density at radius 1 is 1.21 bits per heavy atom. The lowest BCUT2D eigenvalue weighted by Gasteiger charge is -2.06. The summed E-state index contributed by atoms with van der Waals surface area (Å²) in [6.45, 7) is 5.65. The summed E-state index contributed by atoms with van der Waals surface area (Å²) in [5.74, 6) is 0. The molecule has 0 radical (unpaired) electrons. The SMILES string of the molecule is CC(C)(Br)C(=O)Br.Cc1ccccc1. The van der Waals surface area contributed by atoms with E-state index in [1.54, 1.807) is 13.8 Å². The van der Waals surface area contributed by atoms with Crippen molar-refractivity contribution in [2.24, 2.45) is 0 Å². The molecule has 78 valence electrons. The third-order valence-electron chi connectivity index (χ3n) is 1.41. The second kappa shape index (κ2) is 6.36. The van der Waals surface area contributed by atoms with Crippen molar-refractivity contribution < 1.29 is 4.79 Å². The second-order valence-corrected chi connectivity index (χ2v) is 6.10. The number of alkyl halides is 1. The van der Waals surface area contributed by atoms with Crippen molar-refractivity contribution in [3.8, 4) is 0 Å². The van der Waals surface area contributed by atoms with Gasteiger partial charge in [0.25, 0.3) is 0 Å². The van der Waals surface area contributed by atoms with Crippen LogP contribution in [0.15, 0.2) is 30.3 Å². The molecule has 1 nitrogen and oxygen atoms in total. The van der Waals surface area contributed by atoms with E-state index in [4.69, 9.17) is 0 Å². The van der Waals surface area contributed by atoms with Crippen LogP contribution in [-0.4, -0.2) is 9.02 Å². The molecule has 0 saturated carbocycles. The minimum atomic E-state index is -0.410. The van der Waals surface area contributed by atoms with Crippen LogP contribution in [0.4, 0.5) is 0 Å². The van der Waals surface area contributed by atoms with Gasteiger partial charge in [0, 0.05) is 0 Å². The molecule has 0 aromatic heterocycles. The molecule has 0 spiro atoms. The highest BCUT2D eigenvalue weighted by molar-refractivity contribution is 9.20. The summed E-state index contributed by atoms with van der Waals surface area (Å²) < 4.78 is -0.437. The Hall–Kier alpha value is -0.150. The molecule has 0 N–H and O–H groups in total. The molecule has 0 amide bonds. The quantitative estimate of drug-likeness (QED) is 0.562. The van der Waals surface area contributed by atoms with Gasteiger partial charge in [0.1, 0.15) is 0 Å². The van der Waals surface area contributed by atoms with Crippen LogP contribution in [0.5, 0.6) is 0 Å². The van der Waals surface area contributed by atoms with Crippen LogP contribution >= 0.6 is 31.9 Å². The molecule has 0 heterocycles. The first-order valence-corrected chi connectivity index (χ1v) is 5.83. The van der Waals surface area contributed by atoms with E-state index >= 15 is 0 Å². The average molecular weight is 322 g/mol. The van der Waals surface area contributed by atoms with Crippen LogP contribution in [0.3, 0.4) is 0 Å². The molecule has 3 heteroatoms. The lowest BCUT2D eigenvalue weighted by molar-refractivity contribution is -0.111. The maximum Gasteiger partial charge on any atom is 0.213 e. The van der Waals surface area contributed by atoms with E-state index in [9.17, 15) is 4.79 Å². The fourth-order valence-electron chi connectivity index (χ4n) is 0.534. The molecule has 0 aliphatic carbocycles. The Labute approximate surface area is 102 Å². The average Bonchev–Trinajstić information content (AvgIpc) is 2.04. The third-order valence-corrected chi connectivity index (χ3v) is 3.29. The van der Waals surface area contributed by atoms with Crippen molar-refractivity contribution in [2.45, 2.75) is 25.1 Å². The molecule has 0 aliphatic rings. The highest BCUT2D eigenvalue weighted by atomic mass is 79.9. The Bertz CT molecular complexity index is 275. The minimum Gasteiger partial charge on any atom is -0.285 e. The van der Waals surface area contributed by atoms with Gasteiger partial charge in [-0.05, 0) is 36.7 Å². The van der Waals surface area contributed by atoms with Crippen LogP contribution in [0, 0.1) is 6.92 Å². The van der Waals surface area contributed by atoms with E-state index in [0.717, 1.165) is 0 Å². The zero-order valence-electron chi connectivity index (χ0n) is 8.55. The number of carbonyl (C=O) groups is 1. The maximum atomic E-state index is 10.3. The minimum absolute atomic E-state index is 0.0278. The van der Waals surface area contributed by atoms with Gasteiger partial charge in [0.2, 0.25) is 4.69 Å². The van der Waals surface area contributed by atoms with Crippen molar-refractivity contribution in [1.29, 1.82) is 0 Å². The Kier molecular flexibility index (Phi) is 6.29. The van der Waals surface area contributed by atoms with Gasteiger partial charge in [-0.3, -0.25) is 4.79 Å². The topological polar surface area (TPSA) is 17.1 Å². The van der Waals surface area contributed by atoms with E-state index in [1.165, 1.54) is 5.56 Å². The van der Waals surface area contributed by atoms with Crippen molar-refractivity contribution in [3.63, 3.8) is 0 Å². The van der Waals surface area contributed by atoms with Crippen molar-refractivity contribution in [1.82, 2.24) is 0 Å². The van der Waals surface area contributed by atoms with Gasteiger partial charge in [-0.1, -0.05) is 51.8 Å². The molecule has 0 fully saturated rings. The molecular formula is C11H14Br2O. The summed E-state index contributed by atoms with van der Waals surface area (Å²) in [6, 6.07) is 10.3. The van der Waals surface area contributed by atoms with Gasteiger partial charge in [0.15, 0.2) is 0 Å². The molecule has 0 atom stereocenters. The van der Waals surface area contributed by atoms with Gasteiger partial charge < -0.3 is 0 Å². The number of hydrogen-bond acceptors (Lipinski definition) is 1. The van der Waals surface area contributed by atoms with Gasteiger partial charge >= 0.3 is 0 Å². The first kappa shape index (κ1) is 13.8. The fraction of sp³-hybridized carbons (Fsp3) is 0.364. The Morgan fingerprint density at radius 3 is 1.71 bits per heavy atom. The van der Waals surface area contributed by atoms with Crippen LogP contribution in [0.2, 0.25) is 0 Å². The number of halogens is 2. The van der Waals surface area contributed by atoms with Gasteiger partial charge in [-0.15, -0.1) is 0 Å². The lowest BCUT2D eigenvalue weighted by atomic mass is 10.2. The third kappa shape index (κ3) is 7.27. The van der Waals surface area contributed by atoms with Gasteiger partial charge in [-0.2, -0.15) is 0 Å². The zero-order valence-corrected chi connectivity index (χ0v) is 11.7. The first-order chi connectivity index (χ1) is 6.34. The van der Waals surface area contributed by atoms with E-state index in [-0.39, 0.29) is 4.69 Å². The van der Waals surface area contributed by atoms with E-state index in [2.05, 4.69) is 50.9 Å².